The predicted molar refractivity (Wildman–Crippen MR) is 68.2 cm³/mol. The van der Waals surface area contributed by atoms with E-state index in [-0.39, 0.29) is 33.5 Å². The average Bonchev–Trinajstić information content (AvgIpc) is 2.37. The van der Waals surface area contributed by atoms with Gasteiger partial charge < -0.3 is 5.11 Å². The molecule has 7 heteroatoms. The van der Waals surface area contributed by atoms with E-state index in [2.05, 4.69) is 9.97 Å². The summed E-state index contributed by atoms with van der Waals surface area (Å²) in [6.45, 7) is 0. The Morgan fingerprint density at radius 1 is 1.32 bits per heavy atom. The molecule has 0 saturated carbocycles. The highest BCUT2D eigenvalue weighted by molar-refractivity contribution is 6.33. The van der Waals surface area contributed by atoms with Crippen LogP contribution < -0.4 is 0 Å². The maximum atomic E-state index is 13.7. The third-order valence-electron chi connectivity index (χ3n) is 2.38. The fraction of sp³-hybridized carbons (Fsp3) is 0.0833. The molecule has 0 spiro atoms. The van der Waals surface area contributed by atoms with Gasteiger partial charge in [-0.05, 0) is 11.6 Å². The molecule has 2 aromatic rings. The van der Waals surface area contributed by atoms with Gasteiger partial charge in [0.2, 0.25) is 0 Å². The quantitative estimate of drug-likeness (QED) is 0.945. The molecule has 0 unspecified atom stereocenters. The monoisotopic (exact) mass is 300 g/mol. The summed E-state index contributed by atoms with van der Waals surface area (Å²) in [4.78, 5) is 18.5. The van der Waals surface area contributed by atoms with Gasteiger partial charge in [0, 0.05) is 6.42 Å². The molecule has 1 N–H and O–H groups in total. The first-order valence-electron chi connectivity index (χ1n) is 5.16. The smallest absolute Gasteiger partial charge is 0.356 e. The molecule has 0 radical (unpaired) electrons. The van der Waals surface area contributed by atoms with Crippen LogP contribution in [0.5, 0.6) is 0 Å². The number of nitrogens with zero attached hydrogens (tertiary/aromatic N) is 2. The van der Waals surface area contributed by atoms with Crippen LogP contribution in [0.25, 0.3) is 0 Å². The molecule has 2 rings (SSSR count). The minimum Gasteiger partial charge on any atom is -0.476 e. The van der Waals surface area contributed by atoms with Crippen molar-refractivity contribution in [2.24, 2.45) is 0 Å². The van der Waals surface area contributed by atoms with Gasteiger partial charge in [0.25, 0.3) is 0 Å². The van der Waals surface area contributed by atoms with Crippen molar-refractivity contribution in [2.75, 3.05) is 0 Å². The third kappa shape index (κ3) is 3.00. The van der Waals surface area contributed by atoms with E-state index in [9.17, 15) is 9.18 Å². The molecule has 0 amide bonds. The number of carbonyl (C=O) groups is 1. The number of hydrogen-bond donors (Lipinski definition) is 1. The van der Waals surface area contributed by atoms with Gasteiger partial charge in [-0.25, -0.2) is 19.2 Å². The summed E-state index contributed by atoms with van der Waals surface area (Å²) in [5.74, 6) is -1.68. The zero-order valence-corrected chi connectivity index (χ0v) is 10.9. The summed E-state index contributed by atoms with van der Waals surface area (Å²) in [6, 6.07) is 4.54. The van der Waals surface area contributed by atoms with E-state index in [0.29, 0.717) is 0 Å². The highest BCUT2D eigenvalue weighted by Gasteiger charge is 2.14. The molecule has 1 aromatic heterocycles. The first-order chi connectivity index (χ1) is 8.99. The molecular formula is C12H7Cl2FN2O2. The topological polar surface area (TPSA) is 63.1 Å². The number of halogens is 3. The Morgan fingerprint density at radius 2 is 2.05 bits per heavy atom. The van der Waals surface area contributed by atoms with E-state index >= 15 is 0 Å². The number of hydrogen-bond acceptors (Lipinski definition) is 3. The molecule has 0 aliphatic carbocycles. The lowest BCUT2D eigenvalue weighted by atomic mass is 10.1. The average molecular weight is 301 g/mol. The van der Waals surface area contributed by atoms with Crippen molar-refractivity contribution < 1.29 is 14.3 Å². The standard InChI is InChI=1S/C12H7Cl2FN2O2/c13-7-3-1-2-6(10(7)15)4-9-16-5-8(14)11(17-9)12(18)19/h1-3,5H,4H2,(H,18,19). The van der Waals surface area contributed by atoms with Crippen molar-refractivity contribution in [1.82, 2.24) is 9.97 Å². The van der Waals surface area contributed by atoms with E-state index in [1.807, 2.05) is 0 Å². The molecule has 0 atom stereocenters. The second kappa shape index (κ2) is 5.50. The summed E-state index contributed by atoms with van der Waals surface area (Å²) in [5, 5.41) is 8.81. The van der Waals surface area contributed by atoms with Gasteiger partial charge in [0.15, 0.2) is 5.69 Å². The van der Waals surface area contributed by atoms with Crippen LogP contribution in [0.3, 0.4) is 0 Å². The van der Waals surface area contributed by atoms with Crippen molar-refractivity contribution in [3.8, 4) is 0 Å². The molecule has 0 aliphatic rings. The van der Waals surface area contributed by atoms with E-state index in [1.54, 1.807) is 6.07 Å². The molecule has 0 fully saturated rings. The summed E-state index contributed by atoms with van der Waals surface area (Å²) in [6.07, 6.45) is 1.21. The van der Waals surface area contributed by atoms with Gasteiger partial charge in [-0.3, -0.25) is 0 Å². The molecular weight excluding hydrogens is 294 g/mol. The Morgan fingerprint density at radius 3 is 2.74 bits per heavy atom. The lowest BCUT2D eigenvalue weighted by molar-refractivity contribution is 0.0690. The van der Waals surface area contributed by atoms with Crippen LogP contribution in [-0.4, -0.2) is 21.0 Å². The van der Waals surface area contributed by atoms with Crippen LogP contribution in [0, 0.1) is 5.82 Å². The fourth-order valence-corrected chi connectivity index (χ4v) is 1.86. The Labute approximate surface area is 117 Å². The van der Waals surface area contributed by atoms with Crippen molar-refractivity contribution in [3.63, 3.8) is 0 Å². The summed E-state index contributed by atoms with van der Waals surface area (Å²) in [7, 11) is 0. The maximum Gasteiger partial charge on any atom is 0.356 e. The highest BCUT2D eigenvalue weighted by atomic mass is 35.5. The molecule has 19 heavy (non-hydrogen) atoms. The number of aromatic carboxylic acids is 1. The van der Waals surface area contributed by atoms with Crippen molar-refractivity contribution in [3.05, 3.63) is 57.3 Å². The second-order valence-electron chi connectivity index (χ2n) is 3.68. The third-order valence-corrected chi connectivity index (χ3v) is 2.95. The minimum absolute atomic E-state index is 0.00933. The molecule has 98 valence electrons. The van der Waals surface area contributed by atoms with E-state index in [0.717, 1.165) is 0 Å². The lowest BCUT2D eigenvalue weighted by Crippen LogP contribution is -2.07. The fourth-order valence-electron chi connectivity index (χ4n) is 1.49. The van der Waals surface area contributed by atoms with Gasteiger partial charge in [-0.15, -0.1) is 0 Å². The highest BCUT2D eigenvalue weighted by Crippen LogP contribution is 2.20. The van der Waals surface area contributed by atoms with E-state index < -0.39 is 11.8 Å². The SMILES string of the molecule is O=C(O)c1nc(Cc2cccc(Cl)c2F)ncc1Cl. The van der Waals surface area contributed by atoms with Crippen molar-refractivity contribution >= 4 is 29.2 Å². The number of rotatable bonds is 3. The normalized spacial score (nSPS) is 10.5. The molecule has 4 nitrogen and oxygen atoms in total. The largest absolute Gasteiger partial charge is 0.476 e. The summed E-state index contributed by atoms with van der Waals surface area (Å²) >= 11 is 11.3. The van der Waals surface area contributed by atoms with Crippen molar-refractivity contribution in [2.45, 2.75) is 6.42 Å². The summed E-state index contributed by atoms with van der Waals surface area (Å²) in [5.41, 5.74) is -0.0275. The van der Waals surface area contributed by atoms with Crippen LogP contribution in [0.15, 0.2) is 24.4 Å². The number of carboxylic acid groups (broad SMARTS) is 1. The van der Waals surface area contributed by atoms with Gasteiger partial charge in [-0.1, -0.05) is 35.3 Å². The second-order valence-corrected chi connectivity index (χ2v) is 4.49. The zero-order chi connectivity index (χ0) is 14.0. The Kier molecular flexibility index (Phi) is 3.97. The maximum absolute atomic E-state index is 13.7. The molecule has 0 saturated heterocycles. The van der Waals surface area contributed by atoms with Crippen LogP contribution in [-0.2, 0) is 6.42 Å². The van der Waals surface area contributed by atoms with Crippen molar-refractivity contribution in [1.29, 1.82) is 0 Å². The zero-order valence-electron chi connectivity index (χ0n) is 9.40. The van der Waals surface area contributed by atoms with Gasteiger partial charge in [0.1, 0.15) is 11.6 Å². The van der Waals surface area contributed by atoms with E-state index in [1.165, 1.54) is 18.3 Å². The lowest BCUT2D eigenvalue weighted by Gasteiger charge is -2.05. The molecule has 0 aliphatic heterocycles. The predicted octanol–water partition coefficient (Wildman–Crippen LogP) is 3.21. The number of benzene rings is 1. The first kappa shape index (κ1) is 13.7. The Hall–Kier alpha value is -1.72. The molecule has 1 aromatic carbocycles. The first-order valence-corrected chi connectivity index (χ1v) is 5.92. The molecule has 0 bridgehead atoms. The number of aromatic nitrogens is 2. The van der Waals surface area contributed by atoms with Crippen LogP contribution in [0.2, 0.25) is 10.0 Å². The van der Waals surface area contributed by atoms with Crippen LogP contribution in [0.4, 0.5) is 4.39 Å². The Balaban J connectivity index is 2.36. The number of carboxylic acids is 1. The van der Waals surface area contributed by atoms with E-state index in [4.69, 9.17) is 28.3 Å². The summed E-state index contributed by atoms with van der Waals surface area (Å²) < 4.78 is 13.7. The van der Waals surface area contributed by atoms with Gasteiger partial charge in [-0.2, -0.15) is 0 Å². The van der Waals surface area contributed by atoms with Gasteiger partial charge in [0.05, 0.1) is 16.2 Å². The van der Waals surface area contributed by atoms with Crippen LogP contribution >= 0.6 is 23.2 Å². The van der Waals surface area contributed by atoms with Gasteiger partial charge >= 0.3 is 5.97 Å². The molecule has 1 heterocycles. The van der Waals surface area contributed by atoms with Crippen LogP contribution in [0.1, 0.15) is 21.9 Å². The minimum atomic E-state index is -1.26. The Bertz CT molecular complexity index is 650.